The Morgan fingerprint density at radius 2 is 1.50 bits per heavy atom. The molecule has 0 saturated carbocycles. The first-order valence-corrected chi connectivity index (χ1v) is 11.5. The van der Waals surface area contributed by atoms with Gasteiger partial charge in [0.15, 0.2) is 0 Å². The van der Waals surface area contributed by atoms with Gasteiger partial charge in [0.1, 0.15) is 18.7 Å². The summed E-state index contributed by atoms with van der Waals surface area (Å²) in [6, 6.07) is 13.8. The second-order valence-electron chi connectivity index (χ2n) is 8.60. The van der Waals surface area contributed by atoms with E-state index in [4.69, 9.17) is 9.47 Å². The number of hydrogen-bond acceptors (Lipinski definition) is 5. The van der Waals surface area contributed by atoms with Gasteiger partial charge in [-0.15, -0.1) is 0 Å². The molecule has 0 aliphatic heterocycles. The summed E-state index contributed by atoms with van der Waals surface area (Å²) in [5.41, 5.74) is 4.38. The molecule has 0 spiro atoms. The molecule has 4 atom stereocenters. The summed E-state index contributed by atoms with van der Waals surface area (Å²) in [5, 5.41) is 14.6. The molecule has 1 aliphatic rings. The fraction of sp³-hybridized carbons (Fsp3) is 0.423. The number of hydrogen-bond donors (Lipinski definition) is 3. The predicted octanol–water partition coefficient (Wildman–Crippen LogP) is 3.54. The van der Waals surface area contributed by atoms with Crippen LogP contribution >= 0.6 is 0 Å². The molecular weight excluding hydrogens is 436 g/mol. The van der Waals surface area contributed by atoms with Crippen LogP contribution in [0.5, 0.6) is 0 Å². The standard InChI is InChI=1S/C26H32N2O6/c1-5-15(2)22(25(30)31)27-24(29)23(16(3)33-4)28-26(32)34-14-21-19-12-8-6-10-17(19)18-11-7-9-13-20(18)21/h6-13,15-16,21-23H,5,14H2,1-4H3,(H,27,29)(H,28,32)(H,30,31)/t15?,16?,22-,23?/m0/s1. The lowest BCUT2D eigenvalue weighted by atomic mass is 9.98. The summed E-state index contributed by atoms with van der Waals surface area (Å²) in [6.07, 6.45) is -0.908. The van der Waals surface area contributed by atoms with E-state index in [-0.39, 0.29) is 18.4 Å². The number of aliphatic carboxylic acids is 1. The van der Waals surface area contributed by atoms with Gasteiger partial charge in [-0.2, -0.15) is 0 Å². The Balaban J connectivity index is 1.69. The third kappa shape index (κ3) is 5.39. The number of carboxylic acids is 1. The van der Waals surface area contributed by atoms with Crippen molar-refractivity contribution in [1.29, 1.82) is 0 Å². The number of carbonyl (C=O) groups is 3. The number of carbonyl (C=O) groups excluding carboxylic acids is 2. The van der Waals surface area contributed by atoms with Crippen molar-refractivity contribution in [3.8, 4) is 11.1 Å². The van der Waals surface area contributed by atoms with E-state index < -0.39 is 36.2 Å². The average molecular weight is 469 g/mol. The second kappa shape index (κ2) is 11.2. The van der Waals surface area contributed by atoms with Crippen LogP contribution in [0.2, 0.25) is 0 Å². The van der Waals surface area contributed by atoms with Gasteiger partial charge in [0.25, 0.3) is 0 Å². The van der Waals surface area contributed by atoms with E-state index in [2.05, 4.69) is 10.6 Å². The van der Waals surface area contributed by atoms with Crippen LogP contribution < -0.4 is 10.6 Å². The Bertz CT molecular complexity index is 994. The van der Waals surface area contributed by atoms with Crippen molar-refractivity contribution in [2.75, 3.05) is 13.7 Å². The first-order valence-electron chi connectivity index (χ1n) is 11.5. The Hall–Kier alpha value is -3.39. The lowest BCUT2D eigenvalue weighted by molar-refractivity contribution is -0.144. The van der Waals surface area contributed by atoms with Crippen LogP contribution in [0.1, 0.15) is 44.2 Å². The highest BCUT2D eigenvalue weighted by molar-refractivity contribution is 5.90. The number of fused-ring (bicyclic) bond motifs is 3. The minimum absolute atomic E-state index is 0.0974. The Morgan fingerprint density at radius 1 is 0.941 bits per heavy atom. The van der Waals surface area contributed by atoms with E-state index >= 15 is 0 Å². The number of amides is 2. The number of methoxy groups -OCH3 is 1. The smallest absolute Gasteiger partial charge is 0.407 e. The number of carboxylic acid groups (broad SMARTS) is 1. The van der Waals surface area contributed by atoms with Gasteiger partial charge < -0.3 is 25.2 Å². The zero-order valence-electron chi connectivity index (χ0n) is 19.9. The lowest BCUT2D eigenvalue weighted by Crippen LogP contribution is -2.57. The molecule has 34 heavy (non-hydrogen) atoms. The Morgan fingerprint density at radius 3 is 2.00 bits per heavy atom. The molecule has 0 bridgehead atoms. The van der Waals surface area contributed by atoms with Gasteiger partial charge in [0.05, 0.1) is 6.10 Å². The summed E-state index contributed by atoms with van der Waals surface area (Å²) in [4.78, 5) is 37.2. The quantitative estimate of drug-likeness (QED) is 0.491. The van der Waals surface area contributed by atoms with Crippen LogP contribution in [0.4, 0.5) is 4.79 Å². The van der Waals surface area contributed by atoms with Gasteiger partial charge in [-0.3, -0.25) is 4.79 Å². The maximum absolute atomic E-state index is 12.9. The average Bonchev–Trinajstić information content (AvgIpc) is 3.17. The molecule has 182 valence electrons. The number of benzene rings is 2. The van der Waals surface area contributed by atoms with Crippen LogP contribution in [0.15, 0.2) is 48.5 Å². The molecule has 3 rings (SSSR count). The molecule has 8 nitrogen and oxygen atoms in total. The van der Waals surface area contributed by atoms with Crippen molar-refractivity contribution in [3.05, 3.63) is 59.7 Å². The first-order chi connectivity index (χ1) is 16.3. The van der Waals surface area contributed by atoms with Crippen molar-refractivity contribution in [2.45, 2.75) is 51.3 Å². The monoisotopic (exact) mass is 468 g/mol. The normalized spacial score (nSPS) is 15.9. The predicted molar refractivity (Wildman–Crippen MR) is 127 cm³/mol. The van der Waals surface area contributed by atoms with Gasteiger partial charge in [-0.25, -0.2) is 9.59 Å². The molecule has 2 amide bonds. The summed E-state index contributed by atoms with van der Waals surface area (Å²) in [6.45, 7) is 5.30. The van der Waals surface area contributed by atoms with Crippen LogP contribution in [-0.2, 0) is 19.1 Å². The van der Waals surface area contributed by atoms with Crippen LogP contribution in [-0.4, -0.2) is 55.0 Å². The molecule has 0 fully saturated rings. The van der Waals surface area contributed by atoms with E-state index in [0.29, 0.717) is 6.42 Å². The number of nitrogens with one attached hydrogen (secondary N) is 2. The third-order valence-electron chi connectivity index (χ3n) is 6.52. The van der Waals surface area contributed by atoms with Gasteiger partial charge in [-0.05, 0) is 35.1 Å². The van der Waals surface area contributed by atoms with Crippen LogP contribution in [0.3, 0.4) is 0 Å². The van der Waals surface area contributed by atoms with E-state index in [9.17, 15) is 19.5 Å². The molecule has 0 radical (unpaired) electrons. The number of alkyl carbamates (subject to hydrolysis) is 1. The zero-order valence-corrected chi connectivity index (χ0v) is 19.9. The zero-order chi connectivity index (χ0) is 24.8. The highest BCUT2D eigenvalue weighted by Crippen LogP contribution is 2.44. The largest absolute Gasteiger partial charge is 0.480 e. The van der Waals surface area contributed by atoms with E-state index in [1.165, 1.54) is 7.11 Å². The van der Waals surface area contributed by atoms with Crippen molar-refractivity contribution >= 4 is 18.0 Å². The minimum atomic E-state index is -1.13. The lowest BCUT2D eigenvalue weighted by Gasteiger charge is -2.27. The third-order valence-corrected chi connectivity index (χ3v) is 6.52. The molecule has 1 aliphatic carbocycles. The molecule has 0 saturated heterocycles. The highest BCUT2D eigenvalue weighted by atomic mass is 16.5. The maximum atomic E-state index is 12.9. The van der Waals surface area contributed by atoms with Crippen LogP contribution in [0.25, 0.3) is 11.1 Å². The fourth-order valence-electron chi connectivity index (χ4n) is 4.23. The van der Waals surface area contributed by atoms with E-state index in [1.54, 1.807) is 13.8 Å². The Kier molecular flexibility index (Phi) is 8.28. The van der Waals surface area contributed by atoms with Crippen molar-refractivity contribution in [1.82, 2.24) is 10.6 Å². The van der Waals surface area contributed by atoms with Crippen molar-refractivity contribution < 1.29 is 29.0 Å². The molecule has 3 unspecified atom stereocenters. The molecule has 8 heteroatoms. The fourth-order valence-corrected chi connectivity index (χ4v) is 4.23. The molecular formula is C26H32N2O6. The molecule has 0 aromatic heterocycles. The van der Waals surface area contributed by atoms with E-state index in [0.717, 1.165) is 22.3 Å². The van der Waals surface area contributed by atoms with Gasteiger partial charge in [-0.1, -0.05) is 68.8 Å². The number of rotatable bonds is 10. The topological polar surface area (TPSA) is 114 Å². The van der Waals surface area contributed by atoms with Crippen molar-refractivity contribution in [3.63, 3.8) is 0 Å². The summed E-state index contributed by atoms with van der Waals surface area (Å²) in [5.74, 6) is -2.18. The summed E-state index contributed by atoms with van der Waals surface area (Å²) >= 11 is 0. The SMILES string of the molecule is CCC(C)[C@H](NC(=O)C(NC(=O)OCC1c2ccccc2-c2ccccc21)C(C)OC)C(=O)O. The minimum Gasteiger partial charge on any atom is -0.480 e. The second-order valence-corrected chi connectivity index (χ2v) is 8.60. The van der Waals surface area contributed by atoms with Gasteiger partial charge >= 0.3 is 12.1 Å². The molecule has 2 aromatic rings. The van der Waals surface area contributed by atoms with Crippen molar-refractivity contribution in [2.24, 2.45) is 5.92 Å². The maximum Gasteiger partial charge on any atom is 0.407 e. The molecule has 0 heterocycles. The first kappa shape index (κ1) is 25.2. The molecule has 3 N–H and O–H groups in total. The van der Waals surface area contributed by atoms with Crippen LogP contribution in [0, 0.1) is 5.92 Å². The Labute approximate surface area is 199 Å². The summed E-state index contributed by atoms with van der Waals surface area (Å²) in [7, 11) is 1.41. The number of ether oxygens (including phenoxy) is 2. The summed E-state index contributed by atoms with van der Waals surface area (Å²) < 4.78 is 10.8. The van der Waals surface area contributed by atoms with E-state index in [1.807, 2.05) is 55.5 Å². The molecule has 2 aromatic carbocycles. The highest BCUT2D eigenvalue weighted by Gasteiger charge is 2.34. The van der Waals surface area contributed by atoms with Gasteiger partial charge in [0.2, 0.25) is 5.91 Å². The van der Waals surface area contributed by atoms with Gasteiger partial charge in [0, 0.05) is 13.0 Å².